The van der Waals surface area contributed by atoms with Gasteiger partial charge in [-0.2, -0.15) is 0 Å². The highest BCUT2D eigenvalue weighted by molar-refractivity contribution is 7.09. The molecule has 1 fully saturated rings. The lowest BCUT2D eigenvalue weighted by Gasteiger charge is -2.27. The zero-order chi connectivity index (χ0) is 13.2. The second-order valence-corrected chi connectivity index (χ2v) is 5.73. The molecule has 0 amide bonds. The summed E-state index contributed by atoms with van der Waals surface area (Å²) in [4.78, 5) is 4.55. The van der Waals surface area contributed by atoms with Crippen LogP contribution in [0.5, 0.6) is 0 Å². The molecule has 2 nitrogen and oxygen atoms in total. The summed E-state index contributed by atoms with van der Waals surface area (Å²) < 4.78 is 31.7. The first-order chi connectivity index (χ1) is 8.52. The predicted molar refractivity (Wildman–Crippen MR) is 68.3 cm³/mol. The SMILES string of the molecule is CCO[C@H](C)c1nc(C2CCC(F)(F)CC2)cs1. The molecule has 0 unspecified atom stereocenters. The number of aromatic nitrogens is 1. The second kappa shape index (κ2) is 5.61. The van der Waals surface area contributed by atoms with E-state index in [2.05, 4.69) is 4.98 Å². The average molecular weight is 275 g/mol. The van der Waals surface area contributed by atoms with Gasteiger partial charge in [0.15, 0.2) is 0 Å². The first kappa shape index (κ1) is 13.9. The van der Waals surface area contributed by atoms with Gasteiger partial charge in [-0.15, -0.1) is 11.3 Å². The summed E-state index contributed by atoms with van der Waals surface area (Å²) in [6, 6.07) is 0. The molecule has 18 heavy (non-hydrogen) atoms. The summed E-state index contributed by atoms with van der Waals surface area (Å²) in [6.45, 7) is 4.58. The van der Waals surface area contributed by atoms with E-state index in [1.54, 1.807) is 11.3 Å². The van der Waals surface area contributed by atoms with Crippen LogP contribution in [-0.2, 0) is 4.74 Å². The van der Waals surface area contributed by atoms with Gasteiger partial charge in [0, 0.05) is 30.7 Å². The largest absolute Gasteiger partial charge is 0.372 e. The first-order valence-electron chi connectivity index (χ1n) is 6.46. The minimum absolute atomic E-state index is 0.00113. The maximum atomic E-state index is 13.1. The Balaban J connectivity index is 1.98. The highest BCUT2D eigenvalue weighted by atomic mass is 32.1. The van der Waals surface area contributed by atoms with Crippen LogP contribution < -0.4 is 0 Å². The van der Waals surface area contributed by atoms with Crippen LogP contribution in [0.2, 0.25) is 0 Å². The Morgan fingerprint density at radius 2 is 2.17 bits per heavy atom. The van der Waals surface area contributed by atoms with E-state index in [9.17, 15) is 8.78 Å². The van der Waals surface area contributed by atoms with Gasteiger partial charge >= 0.3 is 0 Å². The van der Waals surface area contributed by atoms with Crippen molar-refractivity contribution in [3.8, 4) is 0 Å². The number of nitrogens with zero attached hydrogens (tertiary/aromatic N) is 1. The lowest BCUT2D eigenvalue weighted by molar-refractivity contribution is -0.0384. The van der Waals surface area contributed by atoms with E-state index in [4.69, 9.17) is 4.74 Å². The van der Waals surface area contributed by atoms with Crippen molar-refractivity contribution in [2.24, 2.45) is 0 Å². The van der Waals surface area contributed by atoms with Crippen LogP contribution in [0.4, 0.5) is 8.78 Å². The van der Waals surface area contributed by atoms with Crippen molar-refractivity contribution in [3.05, 3.63) is 16.1 Å². The zero-order valence-corrected chi connectivity index (χ0v) is 11.6. The summed E-state index contributed by atoms with van der Waals surface area (Å²) in [7, 11) is 0. The van der Waals surface area contributed by atoms with Crippen LogP contribution in [0.15, 0.2) is 5.38 Å². The van der Waals surface area contributed by atoms with E-state index < -0.39 is 5.92 Å². The molecule has 0 saturated heterocycles. The Labute approximate surface area is 110 Å². The van der Waals surface area contributed by atoms with E-state index in [0.29, 0.717) is 19.4 Å². The second-order valence-electron chi connectivity index (χ2n) is 4.84. The Bertz CT molecular complexity index is 384. The number of thiazole rings is 1. The van der Waals surface area contributed by atoms with Gasteiger partial charge in [0.2, 0.25) is 5.92 Å². The molecule has 0 aliphatic heterocycles. The van der Waals surface area contributed by atoms with Gasteiger partial charge in [0.05, 0.1) is 5.69 Å². The predicted octanol–water partition coefficient (Wildman–Crippen LogP) is 4.53. The minimum Gasteiger partial charge on any atom is -0.372 e. The molecule has 0 aromatic carbocycles. The number of hydrogen-bond donors (Lipinski definition) is 0. The standard InChI is InChI=1S/C13H19F2NOS/c1-3-17-9(2)12-16-11(8-18-12)10-4-6-13(14,15)7-5-10/h8-10H,3-7H2,1-2H3/t9-/m1/s1. The lowest BCUT2D eigenvalue weighted by Crippen LogP contribution is -2.23. The monoisotopic (exact) mass is 275 g/mol. The van der Waals surface area contributed by atoms with Gasteiger partial charge in [0.1, 0.15) is 11.1 Å². The van der Waals surface area contributed by atoms with Crippen LogP contribution in [0, 0.1) is 0 Å². The molecular formula is C13H19F2NOS. The molecule has 102 valence electrons. The van der Waals surface area contributed by atoms with E-state index in [0.717, 1.165) is 10.7 Å². The summed E-state index contributed by atoms with van der Waals surface area (Å²) in [5.74, 6) is -2.27. The van der Waals surface area contributed by atoms with Crippen LogP contribution in [0.3, 0.4) is 0 Å². The zero-order valence-electron chi connectivity index (χ0n) is 10.8. The van der Waals surface area contributed by atoms with Crippen molar-refractivity contribution >= 4 is 11.3 Å². The van der Waals surface area contributed by atoms with Crippen LogP contribution in [0.1, 0.15) is 62.3 Å². The molecule has 1 aliphatic carbocycles. The van der Waals surface area contributed by atoms with Crippen LogP contribution in [0.25, 0.3) is 0 Å². The van der Waals surface area contributed by atoms with Crippen molar-refractivity contribution < 1.29 is 13.5 Å². The fourth-order valence-electron chi connectivity index (χ4n) is 2.33. The molecule has 1 heterocycles. The quantitative estimate of drug-likeness (QED) is 0.805. The molecule has 1 saturated carbocycles. The van der Waals surface area contributed by atoms with E-state index in [1.165, 1.54) is 0 Å². The highest BCUT2D eigenvalue weighted by Crippen LogP contribution is 2.41. The third kappa shape index (κ3) is 3.26. The number of hydrogen-bond acceptors (Lipinski definition) is 3. The van der Waals surface area contributed by atoms with Crippen LogP contribution in [-0.4, -0.2) is 17.5 Å². The molecule has 1 aromatic heterocycles. The van der Waals surface area contributed by atoms with Crippen molar-refractivity contribution in [2.45, 2.75) is 57.5 Å². The molecular weight excluding hydrogens is 256 g/mol. The molecule has 0 spiro atoms. The van der Waals surface area contributed by atoms with Crippen molar-refractivity contribution in [2.75, 3.05) is 6.61 Å². The Hall–Kier alpha value is -0.550. The number of rotatable bonds is 4. The average Bonchev–Trinajstić information content (AvgIpc) is 2.79. The molecule has 0 radical (unpaired) electrons. The highest BCUT2D eigenvalue weighted by Gasteiger charge is 2.36. The Morgan fingerprint density at radius 3 is 2.78 bits per heavy atom. The smallest absolute Gasteiger partial charge is 0.248 e. The van der Waals surface area contributed by atoms with Gasteiger partial charge in [0.25, 0.3) is 0 Å². The van der Waals surface area contributed by atoms with E-state index >= 15 is 0 Å². The maximum Gasteiger partial charge on any atom is 0.248 e. The third-order valence-corrected chi connectivity index (χ3v) is 4.46. The number of alkyl halides is 2. The van der Waals surface area contributed by atoms with Crippen molar-refractivity contribution in [1.29, 1.82) is 0 Å². The first-order valence-corrected chi connectivity index (χ1v) is 7.34. The molecule has 0 bridgehead atoms. The molecule has 1 aliphatic rings. The van der Waals surface area contributed by atoms with Gasteiger partial charge in [-0.3, -0.25) is 0 Å². The molecule has 5 heteroatoms. The fourth-order valence-corrected chi connectivity index (χ4v) is 3.24. The third-order valence-electron chi connectivity index (χ3n) is 3.44. The van der Waals surface area contributed by atoms with Crippen LogP contribution >= 0.6 is 11.3 Å². The molecule has 2 rings (SSSR count). The lowest BCUT2D eigenvalue weighted by atomic mass is 9.85. The van der Waals surface area contributed by atoms with Crippen molar-refractivity contribution in [3.63, 3.8) is 0 Å². The fraction of sp³-hybridized carbons (Fsp3) is 0.769. The molecule has 1 aromatic rings. The summed E-state index contributed by atoms with van der Waals surface area (Å²) >= 11 is 1.57. The normalized spacial score (nSPS) is 22.0. The molecule has 0 N–H and O–H groups in total. The number of ether oxygens (including phenoxy) is 1. The van der Waals surface area contributed by atoms with Crippen molar-refractivity contribution in [1.82, 2.24) is 4.98 Å². The van der Waals surface area contributed by atoms with Gasteiger partial charge in [-0.05, 0) is 26.7 Å². The van der Waals surface area contributed by atoms with Gasteiger partial charge in [-0.1, -0.05) is 0 Å². The number of halogens is 2. The summed E-state index contributed by atoms with van der Waals surface area (Å²) in [6.07, 6.45) is 1.06. The summed E-state index contributed by atoms with van der Waals surface area (Å²) in [5.41, 5.74) is 0.969. The van der Waals surface area contributed by atoms with Gasteiger partial charge in [-0.25, -0.2) is 13.8 Å². The molecule has 1 atom stereocenters. The Kier molecular flexibility index (Phi) is 4.33. The topological polar surface area (TPSA) is 22.1 Å². The van der Waals surface area contributed by atoms with Gasteiger partial charge < -0.3 is 4.74 Å². The minimum atomic E-state index is -2.46. The Morgan fingerprint density at radius 1 is 1.50 bits per heavy atom. The summed E-state index contributed by atoms with van der Waals surface area (Å²) in [5, 5.41) is 2.95. The van der Waals surface area contributed by atoms with E-state index in [-0.39, 0.29) is 24.9 Å². The maximum absolute atomic E-state index is 13.1. The van der Waals surface area contributed by atoms with E-state index in [1.807, 2.05) is 19.2 Å².